The molecular formula is C18H25N5O2. The Morgan fingerprint density at radius 3 is 2.80 bits per heavy atom. The van der Waals surface area contributed by atoms with Gasteiger partial charge in [-0.15, -0.1) is 0 Å². The van der Waals surface area contributed by atoms with Crippen molar-refractivity contribution in [3.8, 4) is 0 Å². The molecule has 0 bridgehead atoms. The Morgan fingerprint density at radius 2 is 2.00 bits per heavy atom. The first-order chi connectivity index (χ1) is 12.1. The van der Waals surface area contributed by atoms with E-state index in [-0.39, 0.29) is 5.91 Å². The van der Waals surface area contributed by atoms with E-state index in [0.29, 0.717) is 11.7 Å². The third-order valence-electron chi connectivity index (χ3n) is 5.20. The summed E-state index contributed by atoms with van der Waals surface area (Å²) in [6.45, 7) is 9.03. The van der Waals surface area contributed by atoms with Gasteiger partial charge in [-0.05, 0) is 32.8 Å². The maximum Gasteiger partial charge on any atom is 0.274 e. The smallest absolute Gasteiger partial charge is 0.274 e. The van der Waals surface area contributed by atoms with Crippen molar-refractivity contribution in [3.63, 3.8) is 0 Å². The Morgan fingerprint density at radius 1 is 1.20 bits per heavy atom. The summed E-state index contributed by atoms with van der Waals surface area (Å²) in [7, 11) is 0. The first-order valence-corrected chi connectivity index (χ1v) is 9.07. The first-order valence-electron chi connectivity index (χ1n) is 9.07. The van der Waals surface area contributed by atoms with Gasteiger partial charge in [0, 0.05) is 49.7 Å². The van der Waals surface area contributed by atoms with E-state index in [4.69, 9.17) is 4.74 Å². The highest BCUT2D eigenvalue weighted by Gasteiger charge is 2.30. The quantitative estimate of drug-likeness (QED) is 0.822. The molecular weight excluding hydrogens is 318 g/mol. The molecule has 2 saturated heterocycles. The summed E-state index contributed by atoms with van der Waals surface area (Å²) in [5.41, 5.74) is 3.16. The molecule has 1 atom stereocenters. The van der Waals surface area contributed by atoms with E-state index in [1.165, 1.54) is 0 Å². The molecule has 2 aromatic rings. The molecule has 7 heteroatoms. The SMILES string of the molecule is Cc1cc(C)n2nc(C(=O)N3CCCC(N4CCOCC4)C3)cc2n1. The number of hydrogen-bond acceptors (Lipinski definition) is 5. The van der Waals surface area contributed by atoms with Gasteiger partial charge in [0.1, 0.15) is 0 Å². The molecule has 0 radical (unpaired) electrons. The molecule has 1 unspecified atom stereocenters. The molecule has 2 fully saturated rings. The highest BCUT2D eigenvalue weighted by molar-refractivity contribution is 5.93. The number of rotatable bonds is 2. The zero-order valence-corrected chi connectivity index (χ0v) is 14.9. The van der Waals surface area contributed by atoms with Crippen LogP contribution in [-0.4, -0.2) is 75.7 Å². The number of nitrogens with zero attached hydrogens (tertiary/aromatic N) is 5. The zero-order chi connectivity index (χ0) is 17.4. The summed E-state index contributed by atoms with van der Waals surface area (Å²) in [6, 6.07) is 4.21. The van der Waals surface area contributed by atoms with Crippen LogP contribution in [0.25, 0.3) is 5.65 Å². The van der Waals surface area contributed by atoms with Gasteiger partial charge in [0.2, 0.25) is 0 Å². The molecule has 2 aliphatic rings. The monoisotopic (exact) mass is 343 g/mol. The Bertz CT molecular complexity index is 781. The van der Waals surface area contributed by atoms with Crippen LogP contribution >= 0.6 is 0 Å². The zero-order valence-electron chi connectivity index (χ0n) is 14.9. The van der Waals surface area contributed by atoms with Crippen molar-refractivity contribution in [2.45, 2.75) is 32.7 Å². The molecule has 0 spiro atoms. The summed E-state index contributed by atoms with van der Waals surface area (Å²) in [5.74, 6) is 0.0144. The predicted octanol–water partition coefficient (Wildman–Crippen LogP) is 1.28. The highest BCUT2D eigenvalue weighted by atomic mass is 16.5. The lowest BCUT2D eigenvalue weighted by Gasteiger charge is -2.40. The number of carbonyl (C=O) groups excluding carboxylic acids is 1. The number of aryl methyl sites for hydroxylation is 2. The van der Waals surface area contributed by atoms with Crippen molar-refractivity contribution in [3.05, 3.63) is 29.2 Å². The summed E-state index contributed by atoms with van der Waals surface area (Å²) < 4.78 is 7.20. The molecule has 2 aromatic heterocycles. The van der Waals surface area contributed by atoms with E-state index in [1.54, 1.807) is 10.6 Å². The maximum atomic E-state index is 13.0. The second kappa shape index (κ2) is 6.72. The third-order valence-corrected chi connectivity index (χ3v) is 5.20. The number of morpholine rings is 1. The molecule has 7 nitrogen and oxygen atoms in total. The fourth-order valence-electron chi connectivity index (χ4n) is 3.93. The van der Waals surface area contributed by atoms with Crippen molar-refractivity contribution >= 4 is 11.6 Å². The Balaban J connectivity index is 1.52. The molecule has 0 aromatic carbocycles. The Kier molecular flexibility index (Phi) is 4.43. The second-order valence-electron chi connectivity index (χ2n) is 7.03. The Hall–Kier alpha value is -1.99. The topological polar surface area (TPSA) is 63.0 Å². The molecule has 0 saturated carbocycles. The number of hydrogen-bond donors (Lipinski definition) is 0. The molecule has 0 N–H and O–H groups in total. The second-order valence-corrected chi connectivity index (χ2v) is 7.03. The van der Waals surface area contributed by atoms with E-state index >= 15 is 0 Å². The van der Waals surface area contributed by atoms with Gasteiger partial charge in [-0.1, -0.05) is 0 Å². The van der Waals surface area contributed by atoms with Gasteiger partial charge in [0.05, 0.1) is 13.2 Å². The highest BCUT2D eigenvalue weighted by Crippen LogP contribution is 2.19. The van der Waals surface area contributed by atoms with Crippen LogP contribution in [0.4, 0.5) is 0 Å². The molecule has 0 aliphatic carbocycles. The fraction of sp³-hybridized carbons (Fsp3) is 0.611. The number of piperidine rings is 1. The van der Waals surface area contributed by atoms with E-state index in [9.17, 15) is 4.79 Å². The lowest BCUT2D eigenvalue weighted by molar-refractivity contribution is -0.00129. The van der Waals surface area contributed by atoms with E-state index in [1.807, 2.05) is 24.8 Å². The predicted molar refractivity (Wildman–Crippen MR) is 93.8 cm³/mol. The molecule has 25 heavy (non-hydrogen) atoms. The molecule has 134 valence electrons. The minimum absolute atomic E-state index is 0.0144. The van der Waals surface area contributed by atoms with Crippen molar-refractivity contribution in [1.29, 1.82) is 0 Å². The van der Waals surface area contributed by atoms with E-state index in [0.717, 1.165) is 69.3 Å². The first kappa shape index (κ1) is 16.5. The van der Waals surface area contributed by atoms with Crippen LogP contribution in [0.15, 0.2) is 12.1 Å². The maximum absolute atomic E-state index is 13.0. The number of amides is 1. The normalized spacial score (nSPS) is 22.5. The number of carbonyl (C=O) groups is 1. The van der Waals surface area contributed by atoms with Crippen LogP contribution in [0, 0.1) is 13.8 Å². The number of likely N-dealkylation sites (tertiary alicyclic amines) is 1. The van der Waals surface area contributed by atoms with Crippen molar-refractivity contribution in [1.82, 2.24) is 24.4 Å². The van der Waals surface area contributed by atoms with Crippen molar-refractivity contribution in [2.24, 2.45) is 0 Å². The van der Waals surface area contributed by atoms with Crippen LogP contribution in [0.1, 0.15) is 34.7 Å². The van der Waals surface area contributed by atoms with Gasteiger partial charge < -0.3 is 9.64 Å². The number of aromatic nitrogens is 3. The minimum atomic E-state index is 0.0144. The molecule has 1 amide bonds. The van der Waals surface area contributed by atoms with Gasteiger partial charge in [-0.25, -0.2) is 9.50 Å². The molecule has 4 rings (SSSR count). The molecule has 4 heterocycles. The summed E-state index contributed by atoms with van der Waals surface area (Å²) in [6.07, 6.45) is 2.19. The largest absolute Gasteiger partial charge is 0.379 e. The average Bonchev–Trinajstić information content (AvgIpc) is 3.06. The van der Waals surface area contributed by atoms with Crippen LogP contribution in [-0.2, 0) is 4.74 Å². The number of ether oxygens (including phenoxy) is 1. The Labute approximate surface area is 147 Å². The van der Waals surface area contributed by atoms with Gasteiger partial charge in [-0.3, -0.25) is 9.69 Å². The van der Waals surface area contributed by atoms with E-state index < -0.39 is 0 Å². The summed E-state index contributed by atoms with van der Waals surface area (Å²) in [4.78, 5) is 21.9. The minimum Gasteiger partial charge on any atom is -0.379 e. The number of fused-ring (bicyclic) bond motifs is 1. The third kappa shape index (κ3) is 3.26. The van der Waals surface area contributed by atoms with Gasteiger partial charge in [0.25, 0.3) is 5.91 Å². The lowest BCUT2D eigenvalue weighted by atomic mass is 10.0. The lowest BCUT2D eigenvalue weighted by Crippen LogP contribution is -2.52. The summed E-state index contributed by atoms with van der Waals surface area (Å²) >= 11 is 0. The standard InChI is InChI=1S/C18H25N5O2/c1-13-10-14(2)23-17(19-13)11-16(20-23)18(24)22-5-3-4-15(12-22)21-6-8-25-9-7-21/h10-11,15H,3-9,12H2,1-2H3. The van der Waals surface area contributed by atoms with Crippen LogP contribution in [0.3, 0.4) is 0 Å². The average molecular weight is 343 g/mol. The van der Waals surface area contributed by atoms with Crippen LogP contribution < -0.4 is 0 Å². The van der Waals surface area contributed by atoms with Crippen LogP contribution in [0.2, 0.25) is 0 Å². The molecule has 2 aliphatic heterocycles. The van der Waals surface area contributed by atoms with Crippen LogP contribution in [0.5, 0.6) is 0 Å². The summed E-state index contributed by atoms with van der Waals surface area (Å²) in [5, 5.41) is 4.50. The van der Waals surface area contributed by atoms with Crippen molar-refractivity contribution in [2.75, 3.05) is 39.4 Å². The van der Waals surface area contributed by atoms with Gasteiger partial charge in [-0.2, -0.15) is 5.10 Å². The van der Waals surface area contributed by atoms with E-state index in [2.05, 4.69) is 15.0 Å². The van der Waals surface area contributed by atoms with Gasteiger partial charge >= 0.3 is 0 Å². The van der Waals surface area contributed by atoms with Crippen molar-refractivity contribution < 1.29 is 9.53 Å². The fourth-order valence-corrected chi connectivity index (χ4v) is 3.93. The van der Waals surface area contributed by atoms with Gasteiger partial charge in [0.15, 0.2) is 11.3 Å².